The van der Waals surface area contributed by atoms with Crippen molar-refractivity contribution in [2.75, 3.05) is 12.4 Å². The minimum atomic E-state index is -0.292. The topological polar surface area (TPSA) is 81.1 Å². The number of aromatic nitrogens is 3. The Morgan fingerprint density at radius 1 is 1.16 bits per heavy atom. The number of amides is 2. The Labute approximate surface area is 145 Å². The first-order valence-electron chi connectivity index (χ1n) is 7.83. The summed E-state index contributed by atoms with van der Waals surface area (Å²) in [4.78, 5) is 16.3. The second kappa shape index (κ2) is 7.96. The summed E-state index contributed by atoms with van der Waals surface area (Å²) in [7, 11) is 1.60. The van der Waals surface area contributed by atoms with Gasteiger partial charge in [0, 0.05) is 5.69 Å². The summed E-state index contributed by atoms with van der Waals surface area (Å²) in [5.41, 5.74) is 1.67. The zero-order chi connectivity index (χ0) is 17.5. The predicted molar refractivity (Wildman–Crippen MR) is 94.4 cm³/mol. The molecule has 25 heavy (non-hydrogen) atoms. The van der Waals surface area contributed by atoms with Gasteiger partial charge in [0.15, 0.2) is 0 Å². The van der Waals surface area contributed by atoms with Gasteiger partial charge in [-0.3, -0.25) is 4.68 Å². The molecule has 0 aliphatic carbocycles. The van der Waals surface area contributed by atoms with Gasteiger partial charge < -0.3 is 15.4 Å². The highest BCUT2D eigenvalue weighted by molar-refractivity contribution is 5.89. The van der Waals surface area contributed by atoms with Crippen LogP contribution in [0.1, 0.15) is 11.6 Å². The lowest BCUT2D eigenvalue weighted by Gasteiger charge is -2.19. The Morgan fingerprint density at radius 2 is 1.92 bits per heavy atom. The Balaban J connectivity index is 1.69. The standard InChI is InChI=1S/C18H19N5O2/c1-25-16-9-7-15(8-10-16)21-18(24)22-17(11-23-13-19-12-20-23)14-5-3-2-4-6-14/h2-10,12-13,17H,11H2,1H3,(H2,21,22,24). The van der Waals surface area contributed by atoms with E-state index in [0.717, 1.165) is 11.3 Å². The maximum atomic E-state index is 12.4. The van der Waals surface area contributed by atoms with Gasteiger partial charge >= 0.3 is 6.03 Å². The molecule has 128 valence electrons. The summed E-state index contributed by atoms with van der Waals surface area (Å²) < 4.78 is 6.80. The Kier molecular flexibility index (Phi) is 5.26. The number of nitrogens with one attached hydrogen (secondary N) is 2. The number of ether oxygens (including phenoxy) is 1. The lowest BCUT2D eigenvalue weighted by atomic mass is 10.1. The van der Waals surface area contributed by atoms with Crippen molar-refractivity contribution in [2.24, 2.45) is 0 Å². The molecule has 0 spiro atoms. The van der Waals surface area contributed by atoms with Crippen molar-refractivity contribution in [1.82, 2.24) is 20.1 Å². The van der Waals surface area contributed by atoms with Crippen molar-refractivity contribution in [3.63, 3.8) is 0 Å². The van der Waals surface area contributed by atoms with Crippen LogP contribution in [0.2, 0.25) is 0 Å². The number of hydrogen-bond acceptors (Lipinski definition) is 4. The van der Waals surface area contributed by atoms with Gasteiger partial charge in [-0.1, -0.05) is 30.3 Å². The van der Waals surface area contributed by atoms with Gasteiger partial charge in [0.1, 0.15) is 18.4 Å². The van der Waals surface area contributed by atoms with E-state index in [1.165, 1.54) is 6.33 Å². The van der Waals surface area contributed by atoms with Crippen LogP contribution in [0.3, 0.4) is 0 Å². The fourth-order valence-corrected chi connectivity index (χ4v) is 2.43. The first-order valence-corrected chi connectivity index (χ1v) is 7.83. The lowest BCUT2D eigenvalue weighted by molar-refractivity contribution is 0.246. The molecule has 7 nitrogen and oxygen atoms in total. The van der Waals surface area contributed by atoms with Crippen molar-refractivity contribution in [1.29, 1.82) is 0 Å². The summed E-state index contributed by atoms with van der Waals surface area (Å²) in [6, 6.07) is 16.4. The highest BCUT2D eigenvalue weighted by Gasteiger charge is 2.15. The lowest BCUT2D eigenvalue weighted by Crippen LogP contribution is -2.34. The molecule has 1 heterocycles. The number of rotatable bonds is 6. The van der Waals surface area contributed by atoms with Crippen LogP contribution in [0.5, 0.6) is 5.75 Å². The summed E-state index contributed by atoms with van der Waals surface area (Å²) in [6.45, 7) is 0.486. The largest absolute Gasteiger partial charge is 0.497 e. The molecule has 0 saturated carbocycles. The maximum Gasteiger partial charge on any atom is 0.319 e. The average molecular weight is 337 g/mol. The number of carbonyl (C=O) groups excluding carboxylic acids is 1. The van der Waals surface area contributed by atoms with E-state index in [-0.39, 0.29) is 12.1 Å². The van der Waals surface area contributed by atoms with Gasteiger partial charge in [-0.2, -0.15) is 5.10 Å². The monoisotopic (exact) mass is 337 g/mol. The van der Waals surface area contributed by atoms with E-state index in [1.54, 1.807) is 42.4 Å². The fraction of sp³-hybridized carbons (Fsp3) is 0.167. The molecule has 1 aromatic heterocycles. The zero-order valence-electron chi connectivity index (χ0n) is 13.8. The number of hydrogen-bond donors (Lipinski definition) is 2. The normalized spacial score (nSPS) is 11.6. The van der Waals surface area contributed by atoms with Crippen LogP contribution < -0.4 is 15.4 Å². The second-order valence-electron chi connectivity index (χ2n) is 5.41. The van der Waals surface area contributed by atoms with Gasteiger partial charge in [0.05, 0.1) is 19.7 Å². The van der Waals surface area contributed by atoms with Gasteiger partial charge in [-0.25, -0.2) is 9.78 Å². The average Bonchev–Trinajstić information content (AvgIpc) is 3.16. The number of benzene rings is 2. The van der Waals surface area contributed by atoms with E-state index in [9.17, 15) is 4.79 Å². The molecule has 7 heteroatoms. The van der Waals surface area contributed by atoms with Gasteiger partial charge in [-0.15, -0.1) is 0 Å². The van der Waals surface area contributed by atoms with Crippen LogP contribution in [0, 0.1) is 0 Å². The van der Waals surface area contributed by atoms with Crippen molar-refractivity contribution in [2.45, 2.75) is 12.6 Å². The second-order valence-corrected chi connectivity index (χ2v) is 5.41. The molecule has 0 bridgehead atoms. The number of nitrogens with zero attached hydrogens (tertiary/aromatic N) is 3. The first kappa shape index (κ1) is 16.5. The number of anilines is 1. The molecule has 3 aromatic rings. The Bertz CT molecular complexity index is 788. The SMILES string of the molecule is COc1ccc(NC(=O)NC(Cn2cncn2)c2ccccc2)cc1. The molecule has 0 radical (unpaired) electrons. The summed E-state index contributed by atoms with van der Waals surface area (Å²) >= 11 is 0. The predicted octanol–water partition coefficient (Wildman–Crippen LogP) is 2.85. The molecule has 2 amide bonds. The molecule has 2 aromatic carbocycles. The summed E-state index contributed by atoms with van der Waals surface area (Å²) in [5, 5.41) is 9.91. The molecular weight excluding hydrogens is 318 g/mol. The van der Waals surface area contributed by atoms with E-state index in [2.05, 4.69) is 20.7 Å². The highest BCUT2D eigenvalue weighted by Crippen LogP contribution is 2.17. The third kappa shape index (κ3) is 4.57. The smallest absolute Gasteiger partial charge is 0.319 e. The number of urea groups is 1. The van der Waals surface area contributed by atoms with Crippen LogP contribution in [-0.4, -0.2) is 27.9 Å². The molecule has 2 N–H and O–H groups in total. The fourth-order valence-electron chi connectivity index (χ4n) is 2.43. The highest BCUT2D eigenvalue weighted by atomic mass is 16.5. The molecule has 0 saturated heterocycles. The van der Waals surface area contributed by atoms with E-state index in [4.69, 9.17) is 4.74 Å². The van der Waals surface area contributed by atoms with E-state index >= 15 is 0 Å². The van der Waals surface area contributed by atoms with Crippen LogP contribution in [0.15, 0.2) is 67.3 Å². The minimum absolute atomic E-state index is 0.235. The first-order chi connectivity index (χ1) is 12.2. The van der Waals surface area contributed by atoms with Crippen molar-refractivity contribution in [3.8, 4) is 5.75 Å². The van der Waals surface area contributed by atoms with Crippen molar-refractivity contribution in [3.05, 3.63) is 72.8 Å². The number of carbonyl (C=O) groups is 1. The Morgan fingerprint density at radius 3 is 2.56 bits per heavy atom. The van der Waals surface area contributed by atoms with Gasteiger partial charge in [0.25, 0.3) is 0 Å². The molecule has 0 fully saturated rings. The zero-order valence-corrected chi connectivity index (χ0v) is 13.8. The maximum absolute atomic E-state index is 12.4. The molecule has 3 rings (SSSR count). The van der Waals surface area contributed by atoms with Crippen LogP contribution in [0.25, 0.3) is 0 Å². The van der Waals surface area contributed by atoms with Gasteiger partial charge in [0.2, 0.25) is 0 Å². The third-order valence-electron chi connectivity index (χ3n) is 3.69. The van der Waals surface area contributed by atoms with Crippen LogP contribution in [-0.2, 0) is 6.54 Å². The summed E-state index contributed by atoms with van der Waals surface area (Å²) in [6.07, 6.45) is 3.10. The van der Waals surface area contributed by atoms with E-state index in [1.807, 2.05) is 30.3 Å². The quantitative estimate of drug-likeness (QED) is 0.725. The van der Waals surface area contributed by atoms with Crippen molar-refractivity contribution < 1.29 is 9.53 Å². The molecule has 0 aliphatic rings. The molecular formula is C18H19N5O2. The van der Waals surface area contributed by atoms with Gasteiger partial charge in [-0.05, 0) is 29.8 Å². The Hall–Kier alpha value is -3.35. The molecule has 1 atom stereocenters. The molecule has 1 unspecified atom stereocenters. The molecule has 0 aliphatic heterocycles. The van der Waals surface area contributed by atoms with Crippen molar-refractivity contribution >= 4 is 11.7 Å². The van der Waals surface area contributed by atoms with Crippen LogP contribution >= 0.6 is 0 Å². The summed E-state index contributed by atoms with van der Waals surface area (Å²) in [5.74, 6) is 0.735. The van der Waals surface area contributed by atoms with E-state index in [0.29, 0.717) is 12.2 Å². The third-order valence-corrected chi connectivity index (χ3v) is 3.69. The number of methoxy groups -OCH3 is 1. The van der Waals surface area contributed by atoms with Crippen LogP contribution in [0.4, 0.5) is 10.5 Å². The minimum Gasteiger partial charge on any atom is -0.497 e. The van der Waals surface area contributed by atoms with E-state index < -0.39 is 0 Å².